The zero-order chi connectivity index (χ0) is 11.0. The van der Waals surface area contributed by atoms with Gasteiger partial charge in [0.1, 0.15) is 0 Å². The minimum Gasteiger partial charge on any atom is -0.402 e. The number of Topliss-reactive ketones (excluding diaryl/α,β-unsaturated/α-hetero) is 1. The molecule has 82 valence electrons. The molecule has 2 N–H and O–H groups in total. The third kappa shape index (κ3) is 5.05. The topological polar surface area (TPSA) is 43.1 Å². The van der Waals surface area contributed by atoms with E-state index in [0.717, 1.165) is 37.7 Å². The molecule has 0 unspecified atom stereocenters. The predicted octanol–water partition coefficient (Wildman–Crippen LogP) is 3.17. The maximum Gasteiger partial charge on any atom is 0.160 e. The Bertz CT molecular complexity index is 202. The first kappa shape index (κ1) is 13.2. The average Bonchev–Trinajstić information content (AvgIpc) is 2.14. The Kier molecular flexibility index (Phi) is 7.17. The fraction of sp³-hybridized carbons (Fsp3) is 0.750. The SMILES string of the molecule is CCCCC(=O)C(CCCC)=C(C)N. The molecule has 0 atom stereocenters. The highest BCUT2D eigenvalue weighted by molar-refractivity contribution is 5.95. The second kappa shape index (κ2) is 7.60. The van der Waals surface area contributed by atoms with E-state index in [2.05, 4.69) is 13.8 Å². The lowest BCUT2D eigenvalue weighted by atomic mass is 9.99. The number of carbonyl (C=O) groups is 1. The van der Waals surface area contributed by atoms with Gasteiger partial charge in [-0.3, -0.25) is 4.79 Å². The largest absolute Gasteiger partial charge is 0.402 e. The highest BCUT2D eigenvalue weighted by Crippen LogP contribution is 2.14. The van der Waals surface area contributed by atoms with Crippen LogP contribution in [0.3, 0.4) is 0 Å². The van der Waals surface area contributed by atoms with Gasteiger partial charge in [0.2, 0.25) is 0 Å². The molecule has 0 aliphatic heterocycles. The molecule has 0 aliphatic carbocycles. The number of rotatable bonds is 7. The van der Waals surface area contributed by atoms with E-state index in [1.165, 1.54) is 0 Å². The minimum atomic E-state index is 0.250. The smallest absolute Gasteiger partial charge is 0.160 e. The molecular weight excluding hydrogens is 174 g/mol. The van der Waals surface area contributed by atoms with Crippen LogP contribution < -0.4 is 5.73 Å². The Morgan fingerprint density at radius 3 is 2.00 bits per heavy atom. The van der Waals surface area contributed by atoms with Crippen LogP contribution in [0.2, 0.25) is 0 Å². The van der Waals surface area contributed by atoms with Gasteiger partial charge >= 0.3 is 0 Å². The summed E-state index contributed by atoms with van der Waals surface area (Å²) in [6.45, 7) is 6.05. The van der Waals surface area contributed by atoms with E-state index in [1.807, 2.05) is 6.92 Å². The van der Waals surface area contributed by atoms with Crippen molar-refractivity contribution in [1.82, 2.24) is 0 Å². The van der Waals surface area contributed by atoms with E-state index in [1.54, 1.807) is 0 Å². The lowest BCUT2D eigenvalue weighted by Gasteiger charge is -2.07. The van der Waals surface area contributed by atoms with Gasteiger partial charge in [-0.2, -0.15) is 0 Å². The van der Waals surface area contributed by atoms with Gasteiger partial charge in [0, 0.05) is 17.7 Å². The number of hydrogen-bond donors (Lipinski definition) is 1. The number of allylic oxidation sites excluding steroid dienone is 2. The zero-order valence-corrected chi connectivity index (χ0v) is 9.73. The third-order valence-corrected chi connectivity index (χ3v) is 2.35. The minimum absolute atomic E-state index is 0.250. The van der Waals surface area contributed by atoms with Gasteiger partial charge in [0.15, 0.2) is 5.78 Å². The summed E-state index contributed by atoms with van der Waals surface area (Å²) in [6.07, 6.45) is 5.71. The normalized spacial score (nSPS) is 12.5. The first-order valence-corrected chi connectivity index (χ1v) is 5.61. The second-order valence-corrected chi connectivity index (χ2v) is 3.79. The van der Waals surface area contributed by atoms with Gasteiger partial charge in [0.05, 0.1) is 0 Å². The van der Waals surface area contributed by atoms with Crippen LogP contribution in [0.15, 0.2) is 11.3 Å². The molecule has 2 nitrogen and oxygen atoms in total. The lowest BCUT2D eigenvalue weighted by molar-refractivity contribution is -0.115. The standard InChI is InChI=1S/C12H23NO/c1-4-6-8-11(10(3)13)12(14)9-7-5-2/h4-9,13H2,1-3H3. The van der Waals surface area contributed by atoms with Crippen LogP contribution in [-0.4, -0.2) is 5.78 Å². The third-order valence-electron chi connectivity index (χ3n) is 2.35. The summed E-state index contributed by atoms with van der Waals surface area (Å²) in [7, 11) is 0. The van der Waals surface area contributed by atoms with Crippen LogP contribution >= 0.6 is 0 Å². The summed E-state index contributed by atoms with van der Waals surface area (Å²) in [4.78, 5) is 11.7. The Morgan fingerprint density at radius 2 is 1.57 bits per heavy atom. The maximum absolute atomic E-state index is 11.7. The summed E-state index contributed by atoms with van der Waals surface area (Å²) in [5.74, 6) is 0.250. The second-order valence-electron chi connectivity index (χ2n) is 3.79. The summed E-state index contributed by atoms with van der Waals surface area (Å²) in [6, 6.07) is 0. The Labute approximate surface area is 87.6 Å². The van der Waals surface area contributed by atoms with E-state index in [4.69, 9.17) is 5.73 Å². The van der Waals surface area contributed by atoms with Crippen LogP contribution in [0.1, 0.15) is 59.3 Å². The van der Waals surface area contributed by atoms with Crippen molar-refractivity contribution >= 4 is 5.78 Å². The van der Waals surface area contributed by atoms with Crippen LogP contribution in [0.25, 0.3) is 0 Å². The highest BCUT2D eigenvalue weighted by atomic mass is 16.1. The van der Waals surface area contributed by atoms with Gasteiger partial charge in [-0.25, -0.2) is 0 Å². The van der Waals surface area contributed by atoms with Crippen molar-refractivity contribution in [3.05, 3.63) is 11.3 Å². The molecule has 0 heterocycles. The van der Waals surface area contributed by atoms with Crippen LogP contribution in [0.4, 0.5) is 0 Å². The Hall–Kier alpha value is -0.790. The molecule has 0 radical (unpaired) electrons. The summed E-state index contributed by atoms with van der Waals surface area (Å²) in [5, 5.41) is 0. The van der Waals surface area contributed by atoms with Crippen molar-refractivity contribution in [1.29, 1.82) is 0 Å². The van der Waals surface area contributed by atoms with E-state index in [0.29, 0.717) is 12.1 Å². The summed E-state index contributed by atoms with van der Waals surface area (Å²) >= 11 is 0. The maximum atomic E-state index is 11.7. The Morgan fingerprint density at radius 1 is 1.07 bits per heavy atom. The number of ketones is 1. The van der Waals surface area contributed by atoms with Gasteiger partial charge in [0.25, 0.3) is 0 Å². The first-order valence-electron chi connectivity index (χ1n) is 5.61. The molecule has 0 amide bonds. The van der Waals surface area contributed by atoms with Gasteiger partial charge in [-0.05, 0) is 26.2 Å². The Balaban J connectivity index is 4.21. The van der Waals surface area contributed by atoms with Crippen molar-refractivity contribution in [2.45, 2.75) is 59.3 Å². The van der Waals surface area contributed by atoms with Gasteiger partial charge in [-0.15, -0.1) is 0 Å². The van der Waals surface area contributed by atoms with Crippen molar-refractivity contribution in [3.8, 4) is 0 Å². The van der Waals surface area contributed by atoms with E-state index >= 15 is 0 Å². The highest BCUT2D eigenvalue weighted by Gasteiger charge is 2.10. The molecular formula is C12H23NO. The molecule has 0 aromatic heterocycles. The van der Waals surface area contributed by atoms with Crippen molar-refractivity contribution in [3.63, 3.8) is 0 Å². The van der Waals surface area contributed by atoms with Crippen LogP contribution in [-0.2, 0) is 4.79 Å². The molecule has 0 fully saturated rings. The number of carbonyl (C=O) groups excluding carboxylic acids is 1. The molecule has 0 saturated carbocycles. The number of hydrogen-bond acceptors (Lipinski definition) is 2. The molecule has 0 spiro atoms. The molecule has 0 aromatic rings. The molecule has 0 aromatic carbocycles. The lowest BCUT2D eigenvalue weighted by Crippen LogP contribution is -2.09. The van der Waals surface area contributed by atoms with Gasteiger partial charge < -0.3 is 5.73 Å². The van der Waals surface area contributed by atoms with Crippen molar-refractivity contribution < 1.29 is 4.79 Å². The molecule has 2 heteroatoms. The van der Waals surface area contributed by atoms with Crippen molar-refractivity contribution in [2.24, 2.45) is 5.73 Å². The predicted molar refractivity (Wildman–Crippen MR) is 60.9 cm³/mol. The van der Waals surface area contributed by atoms with E-state index < -0.39 is 0 Å². The monoisotopic (exact) mass is 197 g/mol. The summed E-state index contributed by atoms with van der Waals surface area (Å²) in [5.41, 5.74) is 7.28. The van der Waals surface area contributed by atoms with Crippen molar-refractivity contribution in [2.75, 3.05) is 0 Å². The molecule has 0 saturated heterocycles. The van der Waals surface area contributed by atoms with Gasteiger partial charge in [-0.1, -0.05) is 26.7 Å². The van der Waals surface area contributed by atoms with Crippen LogP contribution in [0, 0.1) is 0 Å². The quantitative estimate of drug-likeness (QED) is 0.637. The van der Waals surface area contributed by atoms with E-state index in [9.17, 15) is 4.79 Å². The zero-order valence-electron chi connectivity index (χ0n) is 9.73. The average molecular weight is 197 g/mol. The molecule has 14 heavy (non-hydrogen) atoms. The number of unbranched alkanes of at least 4 members (excludes halogenated alkanes) is 2. The molecule has 0 bridgehead atoms. The fourth-order valence-corrected chi connectivity index (χ4v) is 1.40. The molecule has 0 aliphatic rings. The summed E-state index contributed by atoms with van der Waals surface area (Å²) < 4.78 is 0. The first-order chi connectivity index (χ1) is 6.63. The molecule has 0 rings (SSSR count). The van der Waals surface area contributed by atoms with Crippen LogP contribution in [0.5, 0.6) is 0 Å². The fourth-order valence-electron chi connectivity index (χ4n) is 1.40. The number of nitrogens with two attached hydrogens (primary N) is 1. The van der Waals surface area contributed by atoms with E-state index in [-0.39, 0.29) is 5.78 Å².